The van der Waals surface area contributed by atoms with E-state index in [1.165, 1.54) is 11.1 Å². The van der Waals surface area contributed by atoms with Crippen LogP contribution in [0.4, 0.5) is 0 Å². The van der Waals surface area contributed by atoms with E-state index in [-0.39, 0.29) is 6.04 Å². The van der Waals surface area contributed by atoms with Crippen molar-refractivity contribution in [3.8, 4) is 11.5 Å². The molecular formula is C19H25NO3. The Bertz CT molecular complexity index is 603. The molecular weight excluding hydrogens is 290 g/mol. The first-order chi connectivity index (χ1) is 11.0. The number of hydrogen-bond acceptors (Lipinski definition) is 4. The van der Waals surface area contributed by atoms with E-state index in [4.69, 9.17) is 9.47 Å². The molecule has 0 aliphatic heterocycles. The molecule has 23 heavy (non-hydrogen) atoms. The molecule has 4 nitrogen and oxygen atoms in total. The van der Waals surface area contributed by atoms with Gasteiger partial charge in [-0.3, -0.25) is 0 Å². The molecule has 2 aromatic rings. The number of methoxy groups -OCH3 is 2. The maximum Gasteiger partial charge on any atom is 0.122 e. The van der Waals surface area contributed by atoms with Crippen molar-refractivity contribution < 1.29 is 14.6 Å². The number of ether oxygens (including phenoxy) is 2. The smallest absolute Gasteiger partial charge is 0.122 e. The SMILES string of the molecule is COc1cc(OC)cc(C(O)CNC(C)c2ccc(C)cc2)c1. The highest BCUT2D eigenvalue weighted by atomic mass is 16.5. The van der Waals surface area contributed by atoms with Crippen LogP contribution in [0, 0.1) is 6.92 Å². The molecule has 0 saturated carbocycles. The van der Waals surface area contributed by atoms with Gasteiger partial charge in [0.2, 0.25) is 0 Å². The van der Waals surface area contributed by atoms with Gasteiger partial charge >= 0.3 is 0 Å². The Morgan fingerprint density at radius 3 is 2.04 bits per heavy atom. The lowest BCUT2D eigenvalue weighted by atomic mass is 10.0. The second-order valence-electron chi connectivity index (χ2n) is 5.70. The minimum atomic E-state index is -0.633. The fourth-order valence-electron chi connectivity index (χ4n) is 2.40. The molecule has 2 rings (SSSR count). The number of rotatable bonds is 7. The topological polar surface area (TPSA) is 50.7 Å². The molecule has 2 aromatic carbocycles. The van der Waals surface area contributed by atoms with Gasteiger partial charge in [0.05, 0.1) is 20.3 Å². The van der Waals surface area contributed by atoms with Crippen molar-refractivity contribution in [3.05, 3.63) is 59.2 Å². The summed E-state index contributed by atoms with van der Waals surface area (Å²) < 4.78 is 10.5. The number of nitrogens with one attached hydrogen (secondary N) is 1. The molecule has 124 valence electrons. The first-order valence-corrected chi connectivity index (χ1v) is 7.74. The van der Waals surface area contributed by atoms with Gasteiger partial charge in [-0.2, -0.15) is 0 Å². The second kappa shape index (κ2) is 7.99. The Labute approximate surface area is 138 Å². The number of hydrogen-bond donors (Lipinski definition) is 2. The third kappa shape index (κ3) is 4.71. The van der Waals surface area contributed by atoms with Crippen molar-refractivity contribution in [1.82, 2.24) is 5.32 Å². The zero-order valence-corrected chi connectivity index (χ0v) is 14.2. The van der Waals surface area contributed by atoms with E-state index in [9.17, 15) is 5.11 Å². The minimum absolute atomic E-state index is 0.165. The van der Waals surface area contributed by atoms with E-state index >= 15 is 0 Å². The van der Waals surface area contributed by atoms with Crippen LogP contribution in [0.3, 0.4) is 0 Å². The van der Waals surface area contributed by atoms with Crippen LogP contribution in [0.15, 0.2) is 42.5 Å². The Kier molecular flexibility index (Phi) is 6.02. The first kappa shape index (κ1) is 17.3. The van der Waals surface area contributed by atoms with Crippen LogP contribution in [0.1, 0.15) is 35.8 Å². The number of benzene rings is 2. The Morgan fingerprint density at radius 2 is 1.52 bits per heavy atom. The molecule has 0 fully saturated rings. The Hall–Kier alpha value is -2.04. The standard InChI is InChI=1S/C19H25NO3/c1-13-5-7-15(8-6-13)14(2)20-12-19(21)16-9-17(22-3)11-18(10-16)23-4/h5-11,14,19-21H,12H2,1-4H3. The predicted octanol–water partition coefficient (Wildman–Crippen LogP) is 3.40. The molecule has 2 N–H and O–H groups in total. The zero-order chi connectivity index (χ0) is 16.8. The minimum Gasteiger partial charge on any atom is -0.497 e. The number of aliphatic hydroxyl groups is 1. The van der Waals surface area contributed by atoms with Crippen molar-refractivity contribution in [2.75, 3.05) is 20.8 Å². The average Bonchev–Trinajstić information content (AvgIpc) is 2.59. The van der Waals surface area contributed by atoms with Gasteiger partial charge in [0, 0.05) is 18.7 Å². The quantitative estimate of drug-likeness (QED) is 0.822. The molecule has 0 aliphatic rings. The number of aryl methyl sites for hydroxylation is 1. The van der Waals surface area contributed by atoms with Gasteiger partial charge in [-0.15, -0.1) is 0 Å². The normalized spacial score (nSPS) is 13.4. The van der Waals surface area contributed by atoms with Gasteiger partial charge in [-0.1, -0.05) is 29.8 Å². The first-order valence-electron chi connectivity index (χ1n) is 7.74. The van der Waals surface area contributed by atoms with Gasteiger partial charge in [0.15, 0.2) is 0 Å². The molecule has 0 aromatic heterocycles. The van der Waals surface area contributed by atoms with Crippen molar-refractivity contribution in [3.63, 3.8) is 0 Å². The molecule has 2 atom stereocenters. The molecule has 0 spiro atoms. The van der Waals surface area contributed by atoms with E-state index in [0.29, 0.717) is 18.0 Å². The Balaban J connectivity index is 2.01. The van der Waals surface area contributed by atoms with Crippen LogP contribution >= 0.6 is 0 Å². The summed E-state index contributed by atoms with van der Waals surface area (Å²) in [5.74, 6) is 1.34. The summed E-state index contributed by atoms with van der Waals surface area (Å²) >= 11 is 0. The van der Waals surface area contributed by atoms with Gasteiger partial charge in [0.1, 0.15) is 11.5 Å². The summed E-state index contributed by atoms with van der Waals surface area (Å²) in [5, 5.41) is 13.8. The van der Waals surface area contributed by atoms with E-state index in [0.717, 1.165) is 5.56 Å². The van der Waals surface area contributed by atoms with E-state index in [1.54, 1.807) is 20.3 Å². The van der Waals surface area contributed by atoms with E-state index in [2.05, 4.69) is 43.4 Å². The third-order valence-electron chi connectivity index (χ3n) is 3.95. The molecule has 0 heterocycles. The molecule has 0 bridgehead atoms. The summed E-state index contributed by atoms with van der Waals surface area (Å²) in [4.78, 5) is 0. The summed E-state index contributed by atoms with van der Waals surface area (Å²) in [6.45, 7) is 4.61. The molecule has 0 aliphatic carbocycles. The fourth-order valence-corrected chi connectivity index (χ4v) is 2.40. The summed E-state index contributed by atoms with van der Waals surface area (Å²) in [7, 11) is 3.20. The number of aliphatic hydroxyl groups excluding tert-OH is 1. The van der Waals surface area contributed by atoms with Crippen molar-refractivity contribution >= 4 is 0 Å². The maximum atomic E-state index is 10.4. The van der Waals surface area contributed by atoms with Crippen LogP contribution in [-0.4, -0.2) is 25.9 Å². The highest BCUT2D eigenvalue weighted by molar-refractivity contribution is 5.39. The molecule has 0 radical (unpaired) electrons. The lowest BCUT2D eigenvalue weighted by Crippen LogP contribution is -2.24. The largest absolute Gasteiger partial charge is 0.497 e. The average molecular weight is 315 g/mol. The maximum absolute atomic E-state index is 10.4. The van der Waals surface area contributed by atoms with Crippen LogP contribution in [0.25, 0.3) is 0 Å². The summed E-state index contributed by atoms with van der Waals surface area (Å²) in [6, 6.07) is 14.0. The van der Waals surface area contributed by atoms with Crippen LogP contribution < -0.4 is 14.8 Å². The monoisotopic (exact) mass is 315 g/mol. The highest BCUT2D eigenvalue weighted by Crippen LogP contribution is 2.26. The van der Waals surface area contributed by atoms with Crippen molar-refractivity contribution in [1.29, 1.82) is 0 Å². The Morgan fingerprint density at radius 1 is 0.957 bits per heavy atom. The lowest BCUT2D eigenvalue weighted by molar-refractivity contribution is 0.170. The zero-order valence-electron chi connectivity index (χ0n) is 14.2. The predicted molar refractivity (Wildman–Crippen MR) is 92.1 cm³/mol. The van der Waals surface area contributed by atoms with Gasteiger partial charge < -0.3 is 19.9 Å². The van der Waals surface area contributed by atoms with Gasteiger partial charge in [-0.25, -0.2) is 0 Å². The third-order valence-corrected chi connectivity index (χ3v) is 3.95. The van der Waals surface area contributed by atoms with Gasteiger partial charge in [0.25, 0.3) is 0 Å². The second-order valence-corrected chi connectivity index (χ2v) is 5.70. The summed E-state index contributed by atoms with van der Waals surface area (Å²) in [6.07, 6.45) is -0.633. The molecule has 0 saturated heterocycles. The summed E-state index contributed by atoms with van der Waals surface area (Å²) in [5.41, 5.74) is 3.21. The van der Waals surface area contributed by atoms with Crippen LogP contribution in [0.2, 0.25) is 0 Å². The lowest BCUT2D eigenvalue weighted by Gasteiger charge is -2.19. The molecule has 4 heteroatoms. The van der Waals surface area contributed by atoms with Crippen molar-refractivity contribution in [2.24, 2.45) is 0 Å². The highest BCUT2D eigenvalue weighted by Gasteiger charge is 2.13. The van der Waals surface area contributed by atoms with Crippen LogP contribution in [-0.2, 0) is 0 Å². The van der Waals surface area contributed by atoms with E-state index < -0.39 is 6.10 Å². The van der Waals surface area contributed by atoms with E-state index in [1.807, 2.05) is 12.1 Å². The molecule has 2 unspecified atom stereocenters. The fraction of sp³-hybridized carbons (Fsp3) is 0.368. The van der Waals surface area contributed by atoms with Gasteiger partial charge in [-0.05, 0) is 37.1 Å². The van der Waals surface area contributed by atoms with Crippen LogP contribution in [0.5, 0.6) is 11.5 Å². The molecule has 0 amide bonds. The van der Waals surface area contributed by atoms with Crippen molar-refractivity contribution in [2.45, 2.75) is 26.0 Å².